The second-order valence-electron chi connectivity index (χ2n) is 3.10. The van der Waals surface area contributed by atoms with Gasteiger partial charge in [0.15, 0.2) is 0 Å². The van der Waals surface area contributed by atoms with Crippen LogP contribution in [0.2, 0.25) is 0 Å². The van der Waals surface area contributed by atoms with E-state index in [1.54, 1.807) is 13.0 Å². The summed E-state index contributed by atoms with van der Waals surface area (Å²) in [6.45, 7) is 2.21. The smallest absolute Gasteiger partial charge is 0.242 e. The first-order valence-electron chi connectivity index (χ1n) is 4.41. The number of sulfonamides is 1. The Morgan fingerprint density at radius 2 is 2.07 bits per heavy atom. The maximum atomic E-state index is 11.9. The molecule has 15 heavy (non-hydrogen) atoms. The SMILES string of the molecule is CCN(C)S(=O)(=O)c1ccc(Br)c(N)c1. The summed E-state index contributed by atoms with van der Waals surface area (Å²) in [6.07, 6.45) is 0. The Hall–Kier alpha value is -0.590. The maximum absolute atomic E-state index is 11.9. The van der Waals surface area contributed by atoms with Crippen LogP contribution in [0.1, 0.15) is 6.92 Å². The maximum Gasteiger partial charge on any atom is 0.242 e. The van der Waals surface area contributed by atoms with Crippen LogP contribution in [0.25, 0.3) is 0 Å². The predicted molar refractivity (Wildman–Crippen MR) is 64.0 cm³/mol. The summed E-state index contributed by atoms with van der Waals surface area (Å²) in [5, 5.41) is 0. The second-order valence-corrected chi connectivity index (χ2v) is 6.00. The van der Waals surface area contributed by atoms with Crippen LogP contribution in [0.15, 0.2) is 27.6 Å². The Bertz CT molecular complexity index is 459. The molecule has 0 aromatic heterocycles. The zero-order valence-corrected chi connectivity index (χ0v) is 11.0. The molecule has 84 valence electrons. The van der Waals surface area contributed by atoms with Crippen molar-refractivity contribution in [1.29, 1.82) is 0 Å². The number of nitrogen functional groups attached to an aromatic ring is 1. The topological polar surface area (TPSA) is 63.4 Å². The minimum absolute atomic E-state index is 0.215. The zero-order valence-electron chi connectivity index (χ0n) is 8.57. The highest BCUT2D eigenvalue weighted by Crippen LogP contribution is 2.24. The zero-order chi connectivity index (χ0) is 11.6. The van der Waals surface area contributed by atoms with E-state index in [4.69, 9.17) is 5.73 Å². The van der Waals surface area contributed by atoms with Gasteiger partial charge in [0.25, 0.3) is 0 Å². The molecule has 0 heterocycles. The van der Waals surface area contributed by atoms with E-state index in [1.165, 1.54) is 23.5 Å². The second kappa shape index (κ2) is 4.51. The van der Waals surface area contributed by atoms with Crippen LogP contribution in [-0.4, -0.2) is 26.3 Å². The van der Waals surface area contributed by atoms with Crippen molar-refractivity contribution < 1.29 is 8.42 Å². The molecule has 6 heteroatoms. The summed E-state index contributed by atoms with van der Waals surface area (Å²) in [6, 6.07) is 4.61. The predicted octanol–water partition coefficient (Wildman–Crippen LogP) is 1.67. The number of hydrogen-bond donors (Lipinski definition) is 1. The number of halogens is 1. The molecule has 1 aromatic carbocycles. The van der Waals surface area contributed by atoms with Crippen LogP contribution >= 0.6 is 15.9 Å². The van der Waals surface area contributed by atoms with Gasteiger partial charge >= 0.3 is 0 Å². The summed E-state index contributed by atoms with van der Waals surface area (Å²) < 4.78 is 25.7. The normalized spacial score (nSPS) is 12.0. The molecule has 0 spiro atoms. The van der Waals surface area contributed by atoms with Gasteiger partial charge in [-0.2, -0.15) is 0 Å². The van der Waals surface area contributed by atoms with E-state index >= 15 is 0 Å². The van der Waals surface area contributed by atoms with Crippen LogP contribution in [-0.2, 0) is 10.0 Å². The van der Waals surface area contributed by atoms with Gasteiger partial charge in [-0.15, -0.1) is 0 Å². The third-order valence-electron chi connectivity index (χ3n) is 2.12. The van der Waals surface area contributed by atoms with Gasteiger partial charge < -0.3 is 5.73 Å². The van der Waals surface area contributed by atoms with Gasteiger partial charge in [-0.25, -0.2) is 12.7 Å². The number of nitrogens with zero attached hydrogens (tertiary/aromatic N) is 1. The minimum atomic E-state index is -3.40. The average Bonchev–Trinajstić information content (AvgIpc) is 2.20. The fourth-order valence-corrected chi connectivity index (χ4v) is 2.49. The van der Waals surface area contributed by atoms with Gasteiger partial charge in [0, 0.05) is 23.8 Å². The molecule has 0 fully saturated rings. The van der Waals surface area contributed by atoms with Crippen molar-refractivity contribution in [2.24, 2.45) is 0 Å². The van der Waals surface area contributed by atoms with Crippen LogP contribution in [0.3, 0.4) is 0 Å². The van der Waals surface area contributed by atoms with E-state index < -0.39 is 10.0 Å². The summed E-state index contributed by atoms with van der Waals surface area (Å²) in [7, 11) is -1.86. The molecule has 4 nitrogen and oxygen atoms in total. The highest BCUT2D eigenvalue weighted by Gasteiger charge is 2.19. The highest BCUT2D eigenvalue weighted by atomic mass is 79.9. The largest absolute Gasteiger partial charge is 0.398 e. The van der Waals surface area contributed by atoms with E-state index in [1.807, 2.05) is 0 Å². The Balaban J connectivity index is 3.23. The van der Waals surface area contributed by atoms with Gasteiger partial charge in [-0.1, -0.05) is 6.92 Å². The van der Waals surface area contributed by atoms with Gasteiger partial charge in [-0.05, 0) is 34.1 Å². The molecule has 1 aromatic rings. The van der Waals surface area contributed by atoms with Crippen LogP contribution in [0.4, 0.5) is 5.69 Å². The van der Waals surface area contributed by atoms with Crippen molar-refractivity contribution in [1.82, 2.24) is 4.31 Å². The lowest BCUT2D eigenvalue weighted by Gasteiger charge is -2.15. The monoisotopic (exact) mass is 292 g/mol. The standard InChI is InChI=1S/C9H13BrN2O2S/c1-3-12(2)15(13,14)7-4-5-8(10)9(11)6-7/h4-6H,3,11H2,1-2H3. The lowest BCUT2D eigenvalue weighted by molar-refractivity contribution is 0.486. The first-order chi connectivity index (χ1) is 6.89. The van der Waals surface area contributed by atoms with E-state index in [-0.39, 0.29) is 4.90 Å². The van der Waals surface area contributed by atoms with Crippen LogP contribution in [0.5, 0.6) is 0 Å². The van der Waals surface area contributed by atoms with E-state index in [0.29, 0.717) is 16.7 Å². The molecule has 0 aliphatic rings. The summed E-state index contributed by atoms with van der Waals surface area (Å²) >= 11 is 3.22. The Kier molecular flexibility index (Phi) is 3.75. The molecule has 0 amide bonds. The first kappa shape index (κ1) is 12.5. The minimum Gasteiger partial charge on any atom is -0.398 e. The quantitative estimate of drug-likeness (QED) is 0.862. The average molecular weight is 293 g/mol. The number of hydrogen-bond acceptors (Lipinski definition) is 3. The molecule has 0 saturated carbocycles. The Morgan fingerprint density at radius 3 is 2.53 bits per heavy atom. The van der Waals surface area contributed by atoms with Gasteiger partial charge in [0.2, 0.25) is 10.0 Å². The molecule has 0 unspecified atom stereocenters. The van der Waals surface area contributed by atoms with Gasteiger partial charge in [0.05, 0.1) is 4.90 Å². The number of nitrogens with two attached hydrogens (primary N) is 1. The third-order valence-corrected chi connectivity index (χ3v) is 4.77. The van der Waals surface area contributed by atoms with Crippen LogP contribution < -0.4 is 5.73 Å². The summed E-state index contributed by atoms with van der Waals surface area (Å²) in [5.41, 5.74) is 6.05. The molecule has 0 bridgehead atoms. The van der Waals surface area contributed by atoms with Crippen molar-refractivity contribution in [2.75, 3.05) is 19.3 Å². The molecule has 0 aliphatic heterocycles. The molecule has 0 radical (unpaired) electrons. The molecule has 0 saturated heterocycles. The van der Waals surface area contributed by atoms with E-state index in [9.17, 15) is 8.42 Å². The third kappa shape index (κ3) is 2.50. The molecule has 1 rings (SSSR count). The van der Waals surface area contributed by atoms with Gasteiger partial charge in [0.1, 0.15) is 0 Å². The highest BCUT2D eigenvalue weighted by molar-refractivity contribution is 9.10. The van der Waals surface area contributed by atoms with Crippen molar-refractivity contribution in [2.45, 2.75) is 11.8 Å². The summed E-state index contributed by atoms with van der Waals surface area (Å²) in [4.78, 5) is 0.215. The molecular weight excluding hydrogens is 280 g/mol. The molecule has 2 N–H and O–H groups in total. The molecule has 0 aliphatic carbocycles. The van der Waals surface area contributed by atoms with Crippen molar-refractivity contribution in [3.05, 3.63) is 22.7 Å². The molecular formula is C9H13BrN2O2S. The lowest BCUT2D eigenvalue weighted by atomic mass is 10.3. The lowest BCUT2D eigenvalue weighted by Crippen LogP contribution is -2.26. The van der Waals surface area contributed by atoms with Crippen molar-refractivity contribution >= 4 is 31.6 Å². The fraction of sp³-hybridized carbons (Fsp3) is 0.333. The number of anilines is 1. The van der Waals surface area contributed by atoms with Crippen molar-refractivity contribution in [3.63, 3.8) is 0 Å². The summed E-state index contributed by atoms with van der Waals surface area (Å²) in [5.74, 6) is 0. The fourth-order valence-electron chi connectivity index (χ4n) is 1.03. The van der Waals surface area contributed by atoms with E-state index in [0.717, 1.165) is 0 Å². The number of rotatable bonds is 3. The van der Waals surface area contributed by atoms with Crippen LogP contribution in [0, 0.1) is 0 Å². The van der Waals surface area contributed by atoms with E-state index in [2.05, 4.69) is 15.9 Å². The first-order valence-corrected chi connectivity index (χ1v) is 6.64. The Labute approximate surface area is 98.3 Å². The van der Waals surface area contributed by atoms with Gasteiger partial charge in [-0.3, -0.25) is 0 Å². The molecule has 0 atom stereocenters. The van der Waals surface area contributed by atoms with Crippen molar-refractivity contribution in [3.8, 4) is 0 Å². The Morgan fingerprint density at radius 1 is 1.47 bits per heavy atom. The number of benzene rings is 1.